The van der Waals surface area contributed by atoms with Crippen LogP contribution in [0.3, 0.4) is 0 Å². The lowest BCUT2D eigenvalue weighted by atomic mass is 10.2. The Morgan fingerprint density at radius 3 is 1.95 bits per heavy atom. The maximum absolute atomic E-state index is 11.9. The van der Waals surface area contributed by atoms with E-state index in [1.54, 1.807) is 42.5 Å². The molecular formula is C16H16N2O4. The molecule has 0 fully saturated rings. The molecule has 6 nitrogen and oxygen atoms in total. The SMILES string of the molecule is COc1ccc(NC(=O)C(=O)Nc2ccccc2)cc1OC. The normalized spacial score (nSPS) is 9.73. The zero-order chi connectivity index (χ0) is 15.9. The molecule has 0 aliphatic carbocycles. The molecule has 2 rings (SSSR count). The fourth-order valence-corrected chi connectivity index (χ4v) is 1.81. The van der Waals surface area contributed by atoms with Crippen LogP contribution in [0, 0.1) is 0 Å². The molecule has 0 aromatic heterocycles. The number of carbonyl (C=O) groups excluding carboxylic acids is 2. The van der Waals surface area contributed by atoms with E-state index in [1.165, 1.54) is 14.2 Å². The van der Waals surface area contributed by atoms with E-state index >= 15 is 0 Å². The van der Waals surface area contributed by atoms with Gasteiger partial charge in [-0.2, -0.15) is 0 Å². The highest BCUT2D eigenvalue weighted by Gasteiger charge is 2.15. The van der Waals surface area contributed by atoms with Crippen LogP contribution >= 0.6 is 0 Å². The summed E-state index contributed by atoms with van der Waals surface area (Å²) in [5.41, 5.74) is 0.987. The van der Waals surface area contributed by atoms with Crippen LogP contribution in [0.2, 0.25) is 0 Å². The minimum absolute atomic E-state index is 0.436. The molecule has 0 bridgehead atoms. The summed E-state index contributed by atoms with van der Waals surface area (Å²) in [4.78, 5) is 23.7. The van der Waals surface area contributed by atoms with Crippen LogP contribution in [-0.4, -0.2) is 26.0 Å². The molecule has 22 heavy (non-hydrogen) atoms. The van der Waals surface area contributed by atoms with E-state index in [0.29, 0.717) is 22.9 Å². The zero-order valence-electron chi connectivity index (χ0n) is 12.3. The van der Waals surface area contributed by atoms with Crippen LogP contribution in [0.25, 0.3) is 0 Å². The number of benzene rings is 2. The van der Waals surface area contributed by atoms with Gasteiger partial charge in [-0.3, -0.25) is 9.59 Å². The first-order valence-corrected chi connectivity index (χ1v) is 6.53. The van der Waals surface area contributed by atoms with Gasteiger partial charge < -0.3 is 20.1 Å². The topological polar surface area (TPSA) is 76.7 Å². The van der Waals surface area contributed by atoms with Crippen LogP contribution in [-0.2, 0) is 9.59 Å². The number of methoxy groups -OCH3 is 2. The average molecular weight is 300 g/mol. The van der Waals surface area contributed by atoms with Crippen molar-refractivity contribution in [1.82, 2.24) is 0 Å². The monoisotopic (exact) mass is 300 g/mol. The highest BCUT2D eigenvalue weighted by Crippen LogP contribution is 2.29. The lowest BCUT2D eigenvalue weighted by Gasteiger charge is -2.10. The van der Waals surface area contributed by atoms with Crippen molar-refractivity contribution in [3.63, 3.8) is 0 Å². The first-order chi connectivity index (χ1) is 10.6. The number of hydrogen-bond acceptors (Lipinski definition) is 4. The molecule has 0 aliphatic rings. The van der Waals surface area contributed by atoms with Crippen LogP contribution < -0.4 is 20.1 Å². The number of rotatable bonds is 4. The van der Waals surface area contributed by atoms with E-state index < -0.39 is 11.8 Å². The largest absolute Gasteiger partial charge is 0.493 e. The van der Waals surface area contributed by atoms with Gasteiger partial charge in [0.25, 0.3) is 0 Å². The highest BCUT2D eigenvalue weighted by molar-refractivity contribution is 6.43. The molecule has 0 saturated carbocycles. The number of anilines is 2. The van der Waals surface area contributed by atoms with E-state index in [4.69, 9.17) is 9.47 Å². The Morgan fingerprint density at radius 1 is 0.773 bits per heavy atom. The molecule has 2 amide bonds. The Labute approximate surface area is 128 Å². The maximum Gasteiger partial charge on any atom is 0.314 e. The summed E-state index contributed by atoms with van der Waals surface area (Å²) in [6, 6.07) is 13.6. The quantitative estimate of drug-likeness (QED) is 0.849. The second-order valence-electron chi connectivity index (χ2n) is 4.34. The predicted octanol–water partition coefficient (Wildman–Crippen LogP) is 2.28. The third kappa shape index (κ3) is 3.76. The summed E-state index contributed by atoms with van der Waals surface area (Å²) >= 11 is 0. The van der Waals surface area contributed by atoms with Crippen molar-refractivity contribution in [2.75, 3.05) is 24.9 Å². The van der Waals surface area contributed by atoms with Crippen molar-refractivity contribution in [2.24, 2.45) is 0 Å². The highest BCUT2D eigenvalue weighted by atomic mass is 16.5. The Hall–Kier alpha value is -3.02. The zero-order valence-corrected chi connectivity index (χ0v) is 12.3. The minimum atomic E-state index is -0.768. The van der Waals surface area contributed by atoms with Gasteiger partial charge in [-0.15, -0.1) is 0 Å². The van der Waals surface area contributed by atoms with Gasteiger partial charge in [-0.1, -0.05) is 18.2 Å². The number of ether oxygens (including phenoxy) is 2. The summed E-state index contributed by atoms with van der Waals surface area (Å²) in [5, 5.41) is 5.01. The second-order valence-corrected chi connectivity index (χ2v) is 4.34. The van der Waals surface area contributed by atoms with E-state index in [2.05, 4.69) is 10.6 Å². The standard InChI is InChI=1S/C16H16N2O4/c1-21-13-9-8-12(10-14(13)22-2)18-16(20)15(19)17-11-6-4-3-5-7-11/h3-10H,1-2H3,(H,17,19)(H,18,20). The van der Waals surface area contributed by atoms with Crippen LogP contribution in [0.5, 0.6) is 11.5 Å². The molecule has 0 saturated heterocycles. The lowest BCUT2D eigenvalue weighted by Crippen LogP contribution is -2.29. The fraction of sp³-hybridized carbons (Fsp3) is 0.125. The minimum Gasteiger partial charge on any atom is -0.493 e. The molecule has 0 radical (unpaired) electrons. The van der Waals surface area contributed by atoms with Crippen molar-refractivity contribution in [3.8, 4) is 11.5 Å². The molecule has 0 heterocycles. The van der Waals surface area contributed by atoms with E-state index in [1.807, 2.05) is 6.07 Å². The van der Waals surface area contributed by atoms with Gasteiger partial charge in [0.1, 0.15) is 0 Å². The molecule has 2 aromatic rings. The Morgan fingerprint density at radius 2 is 1.36 bits per heavy atom. The van der Waals surface area contributed by atoms with Crippen molar-refractivity contribution >= 4 is 23.2 Å². The summed E-state index contributed by atoms with van der Waals surface area (Å²) < 4.78 is 10.2. The molecule has 6 heteroatoms. The van der Waals surface area contributed by atoms with Crippen LogP contribution in [0.4, 0.5) is 11.4 Å². The van der Waals surface area contributed by atoms with Gasteiger partial charge in [-0.25, -0.2) is 0 Å². The number of hydrogen-bond donors (Lipinski definition) is 2. The smallest absolute Gasteiger partial charge is 0.314 e. The average Bonchev–Trinajstić information content (AvgIpc) is 2.55. The first-order valence-electron chi connectivity index (χ1n) is 6.53. The number of nitrogens with one attached hydrogen (secondary N) is 2. The van der Waals surface area contributed by atoms with Gasteiger partial charge in [0.15, 0.2) is 11.5 Å². The van der Waals surface area contributed by atoms with Crippen LogP contribution in [0.15, 0.2) is 48.5 Å². The molecule has 0 aliphatic heterocycles. The van der Waals surface area contributed by atoms with Crippen molar-refractivity contribution in [2.45, 2.75) is 0 Å². The van der Waals surface area contributed by atoms with Crippen molar-refractivity contribution in [1.29, 1.82) is 0 Å². The fourth-order valence-electron chi connectivity index (χ4n) is 1.81. The van der Waals surface area contributed by atoms with Gasteiger partial charge in [0.05, 0.1) is 14.2 Å². The number of para-hydroxylation sites is 1. The molecular weight excluding hydrogens is 284 g/mol. The molecule has 114 valence electrons. The van der Waals surface area contributed by atoms with Crippen LogP contribution in [0.1, 0.15) is 0 Å². The maximum atomic E-state index is 11.9. The van der Waals surface area contributed by atoms with Crippen molar-refractivity contribution < 1.29 is 19.1 Å². The Balaban J connectivity index is 2.04. The second kappa shape index (κ2) is 7.12. The first kappa shape index (κ1) is 15.4. The molecule has 2 aromatic carbocycles. The summed E-state index contributed by atoms with van der Waals surface area (Å²) in [6.45, 7) is 0. The van der Waals surface area contributed by atoms with Gasteiger partial charge in [0.2, 0.25) is 0 Å². The Bertz CT molecular complexity index is 671. The number of carbonyl (C=O) groups is 2. The molecule has 2 N–H and O–H groups in total. The summed E-state index contributed by atoms with van der Waals surface area (Å²) in [5.74, 6) is -0.518. The summed E-state index contributed by atoms with van der Waals surface area (Å²) in [6.07, 6.45) is 0. The lowest BCUT2D eigenvalue weighted by molar-refractivity contribution is -0.132. The van der Waals surface area contributed by atoms with E-state index in [-0.39, 0.29) is 0 Å². The van der Waals surface area contributed by atoms with Gasteiger partial charge in [-0.05, 0) is 24.3 Å². The third-order valence-electron chi connectivity index (χ3n) is 2.88. The molecule has 0 spiro atoms. The van der Waals surface area contributed by atoms with Gasteiger partial charge in [0, 0.05) is 17.4 Å². The van der Waals surface area contributed by atoms with E-state index in [0.717, 1.165) is 0 Å². The van der Waals surface area contributed by atoms with Gasteiger partial charge >= 0.3 is 11.8 Å². The van der Waals surface area contributed by atoms with E-state index in [9.17, 15) is 9.59 Å². The predicted molar refractivity (Wildman–Crippen MR) is 83.2 cm³/mol. The summed E-state index contributed by atoms with van der Waals surface area (Å²) in [7, 11) is 3.01. The Kier molecular flexibility index (Phi) is 4.98. The third-order valence-corrected chi connectivity index (χ3v) is 2.88. The molecule has 0 unspecified atom stereocenters. The van der Waals surface area contributed by atoms with Crippen molar-refractivity contribution in [3.05, 3.63) is 48.5 Å². The number of amides is 2. The molecule has 0 atom stereocenters.